The van der Waals surface area contributed by atoms with Crippen LogP contribution in [0, 0.1) is 5.92 Å². The third-order valence-electron chi connectivity index (χ3n) is 3.46. The standard InChI is InChI=1S/C14H18BrNO/c1-10(12-8-4-5-9-13(12)15)16-14(17)11-6-2-3-7-11/h4-5,8-11H,2-3,6-7H2,1H3,(H,16,17). The molecule has 0 aliphatic heterocycles. The summed E-state index contributed by atoms with van der Waals surface area (Å²) in [5, 5.41) is 3.11. The Balaban J connectivity index is 1.99. The van der Waals surface area contributed by atoms with Crippen molar-refractivity contribution in [1.29, 1.82) is 0 Å². The molecule has 1 aliphatic carbocycles. The van der Waals surface area contributed by atoms with Gasteiger partial charge in [-0.15, -0.1) is 0 Å². The molecule has 1 amide bonds. The number of nitrogens with one attached hydrogen (secondary N) is 1. The second-order valence-corrected chi connectivity index (χ2v) is 5.59. The van der Waals surface area contributed by atoms with Gasteiger partial charge in [0.25, 0.3) is 0 Å². The van der Waals surface area contributed by atoms with Gasteiger partial charge >= 0.3 is 0 Å². The number of rotatable bonds is 3. The van der Waals surface area contributed by atoms with Crippen LogP contribution in [0.25, 0.3) is 0 Å². The van der Waals surface area contributed by atoms with Crippen LogP contribution in [-0.4, -0.2) is 5.91 Å². The number of hydrogen-bond donors (Lipinski definition) is 1. The minimum atomic E-state index is 0.0682. The minimum Gasteiger partial charge on any atom is -0.349 e. The Labute approximate surface area is 111 Å². The van der Waals surface area contributed by atoms with Gasteiger partial charge in [0.15, 0.2) is 0 Å². The normalized spacial score (nSPS) is 18.0. The van der Waals surface area contributed by atoms with Gasteiger partial charge in [-0.3, -0.25) is 4.79 Å². The fourth-order valence-corrected chi connectivity index (χ4v) is 3.05. The van der Waals surface area contributed by atoms with Gasteiger partial charge in [-0.2, -0.15) is 0 Å². The van der Waals surface area contributed by atoms with Crippen molar-refractivity contribution in [1.82, 2.24) is 5.32 Å². The highest BCUT2D eigenvalue weighted by atomic mass is 79.9. The van der Waals surface area contributed by atoms with E-state index in [1.165, 1.54) is 12.8 Å². The summed E-state index contributed by atoms with van der Waals surface area (Å²) < 4.78 is 1.05. The van der Waals surface area contributed by atoms with E-state index in [0.29, 0.717) is 0 Å². The number of hydrogen-bond acceptors (Lipinski definition) is 1. The first kappa shape index (κ1) is 12.6. The lowest BCUT2D eigenvalue weighted by Crippen LogP contribution is -2.31. The van der Waals surface area contributed by atoms with Crippen LogP contribution in [0.2, 0.25) is 0 Å². The molecule has 3 heteroatoms. The van der Waals surface area contributed by atoms with Gasteiger partial charge in [-0.25, -0.2) is 0 Å². The molecule has 1 N–H and O–H groups in total. The number of carbonyl (C=O) groups is 1. The highest BCUT2D eigenvalue weighted by Crippen LogP contribution is 2.27. The van der Waals surface area contributed by atoms with E-state index in [2.05, 4.69) is 21.2 Å². The molecule has 0 bridgehead atoms. The van der Waals surface area contributed by atoms with Gasteiger partial charge in [-0.05, 0) is 31.4 Å². The molecular formula is C14H18BrNO. The number of benzene rings is 1. The Hall–Kier alpha value is -0.830. The van der Waals surface area contributed by atoms with Crippen molar-refractivity contribution >= 4 is 21.8 Å². The average molecular weight is 296 g/mol. The first-order valence-corrected chi connectivity index (χ1v) is 7.02. The lowest BCUT2D eigenvalue weighted by Gasteiger charge is -2.18. The molecular weight excluding hydrogens is 278 g/mol. The molecule has 1 saturated carbocycles. The van der Waals surface area contributed by atoms with E-state index >= 15 is 0 Å². The molecule has 1 aromatic rings. The van der Waals surface area contributed by atoms with Crippen LogP contribution in [-0.2, 0) is 4.79 Å². The quantitative estimate of drug-likeness (QED) is 0.902. The van der Waals surface area contributed by atoms with Crippen LogP contribution in [0.5, 0.6) is 0 Å². The van der Waals surface area contributed by atoms with Crippen LogP contribution in [0.3, 0.4) is 0 Å². The van der Waals surface area contributed by atoms with E-state index in [0.717, 1.165) is 22.9 Å². The minimum absolute atomic E-state index is 0.0682. The molecule has 1 atom stereocenters. The topological polar surface area (TPSA) is 29.1 Å². The summed E-state index contributed by atoms with van der Waals surface area (Å²) in [5.74, 6) is 0.450. The zero-order valence-corrected chi connectivity index (χ0v) is 11.7. The molecule has 92 valence electrons. The number of carbonyl (C=O) groups excluding carboxylic acids is 1. The maximum Gasteiger partial charge on any atom is 0.223 e. The van der Waals surface area contributed by atoms with Crippen molar-refractivity contribution in [2.45, 2.75) is 38.6 Å². The van der Waals surface area contributed by atoms with Gasteiger partial charge in [-0.1, -0.05) is 47.0 Å². The number of amides is 1. The molecule has 2 rings (SSSR count). The van der Waals surface area contributed by atoms with Crippen molar-refractivity contribution in [3.8, 4) is 0 Å². The Morgan fingerprint density at radius 1 is 1.35 bits per heavy atom. The van der Waals surface area contributed by atoms with Crippen molar-refractivity contribution in [2.75, 3.05) is 0 Å². The van der Waals surface area contributed by atoms with Crippen molar-refractivity contribution in [2.24, 2.45) is 5.92 Å². The van der Waals surface area contributed by atoms with Crippen LogP contribution in [0.4, 0.5) is 0 Å². The van der Waals surface area contributed by atoms with Crippen LogP contribution in [0.1, 0.15) is 44.2 Å². The molecule has 0 spiro atoms. The van der Waals surface area contributed by atoms with Crippen molar-refractivity contribution in [3.05, 3.63) is 34.3 Å². The van der Waals surface area contributed by atoms with Crippen LogP contribution >= 0.6 is 15.9 Å². The maximum atomic E-state index is 12.0. The summed E-state index contributed by atoms with van der Waals surface area (Å²) in [6.45, 7) is 2.03. The Kier molecular flexibility index (Phi) is 4.21. The molecule has 0 radical (unpaired) electrons. The van der Waals surface area contributed by atoms with E-state index in [1.54, 1.807) is 0 Å². The fraction of sp³-hybridized carbons (Fsp3) is 0.500. The summed E-state index contributed by atoms with van der Waals surface area (Å²) in [6, 6.07) is 8.10. The van der Waals surface area contributed by atoms with E-state index in [1.807, 2.05) is 31.2 Å². The molecule has 1 unspecified atom stereocenters. The molecule has 1 fully saturated rings. The first-order valence-electron chi connectivity index (χ1n) is 6.23. The zero-order chi connectivity index (χ0) is 12.3. The first-order chi connectivity index (χ1) is 8.18. The second kappa shape index (κ2) is 5.67. The Bertz CT molecular complexity index is 399. The van der Waals surface area contributed by atoms with Crippen LogP contribution < -0.4 is 5.32 Å². The lowest BCUT2D eigenvalue weighted by molar-refractivity contribution is -0.125. The molecule has 2 nitrogen and oxygen atoms in total. The van der Waals surface area contributed by atoms with Crippen LogP contribution in [0.15, 0.2) is 28.7 Å². The van der Waals surface area contributed by atoms with Gasteiger partial charge in [0.1, 0.15) is 0 Å². The molecule has 0 heterocycles. The monoisotopic (exact) mass is 295 g/mol. The predicted molar refractivity (Wildman–Crippen MR) is 72.7 cm³/mol. The molecule has 1 aliphatic rings. The van der Waals surface area contributed by atoms with Gasteiger partial charge in [0.05, 0.1) is 6.04 Å². The summed E-state index contributed by atoms with van der Waals surface area (Å²) in [6.07, 6.45) is 4.49. The molecule has 1 aromatic carbocycles. The maximum absolute atomic E-state index is 12.0. The summed E-state index contributed by atoms with van der Waals surface area (Å²) in [7, 11) is 0. The summed E-state index contributed by atoms with van der Waals surface area (Å²) in [4.78, 5) is 12.0. The second-order valence-electron chi connectivity index (χ2n) is 4.73. The highest BCUT2D eigenvalue weighted by molar-refractivity contribution is 9.10. The van der Waals surface area contributed by atoms with Crippen molar-refractivity contribution in [3.63, 3.8) is 0 Å². The number of halogens is 1. The third kappa shape index (κ3) is 3.09. The van der Waals surface area contributed by atoms with Gasteiger partial charge in [0, 0.05) is 10.4 Å². The fourth-order valence-electron chi connectivity index (χ4n) is 2.42. The van der Waals surface area contributed by atoms with E-state index in [4.69, 9.17) is 0 Å². The highest BCUT2D eigenvalue weighted by Gasteiger charge is 2.24. The van der Waals surface area contributed by atoms with Gasteiger partial charge < -0.3 is 5.32 Å². The smallest absolute Gasteiger partial charge is 0.223 e. The molecule has 0 aromatic heterocycles. The Morgan fingerprint density at radius 3 is 2.65 bits per heavy atom. The average Bonchev–Trinajstić information content (AvgIpc) is 2.82. The third-order valence-corrected chi connectivity index (χ3v) is 4.18. The van der Waals surface area contributed by atoms with Crippen molar-refractivity contribution < 1.29 is 4.79 Å². The van der Waals surface area contributed by atoms with E-state index < -0.39 is 0 Å². The zero-order valence-electron chi connectivity index (χ0n) is 10.1. The summed E-state index contributed by atoms with van der Waals surface area (Å²) in [5.41, 5.74) is 1.14. The molecule has 0 saturated heterocycles. The lowest BCUT2D eigenvalue weighted by atomic mass is 10.0. The van der Waals surface area contributed by atoms with Gasteiger partial charge in [0.2, 0.25) is 5.91 Å². The Morgan fingerprint density at radius 2 is 2.00 bits per heavy atom. The van der Waals surface area contributed by atoms with E-state index in [-0.39, 0.29) is 17.9 Å². The molecule has 17 heavy (non-hydrogen) atoms. The SMILES string of the molecule is CC(NC(=O)C1CCCC1)c1ccccc1Br. The largest absolute Gasteiger partial charge is 0.349 e. The summed E-state index contributed by atoms with van der Waals surface area (Å²) >= 11 is 3.52. The van der Waals surface area contributed by atoms with E-state index in [9.17, 15) is 4.79 Å². The predicted octanol–water partition coefficient (Wildman–Crippen LogP) is 3.82.